The highest BCUT2D eigenvalue weighted by molar-refractivity contribution is 7.80. The van der Waals surface area contributed by atoms with E-state index in [2.05, 4.69) is 45.7 Å². The molecule has 35 heavy (non-hydrogen) atoms. The first-order valence-corrected chi connectivity index (χ1v) is 13.7. The summed E-state index contributed by atoms with van der Waals surface area (Å²) >= 11 is 8.50. The highest BCUT2D eigenvalue weighted by Gasteiger charge is 2.50. The van der Waals surface area contributed by atoms with Gasteiger partial charge in [0.25, 0.3) is 0 Å². The smallest absolute Gasteiger partial charge is 0.234 e. The van der Waals surface area contributed by atoms with Crippen molar-refractivity contribution in [2.24, 2.45) is 5.92 Å². The van der Waals surface area contributed by atoms with Gasteiger partial charge in [-0.2, -0.15) is 25.3 Å². The topological polar surface area (TPSA) is 73.9 Å². The highest BCUT2D eigenvalue weighted by atomic mass is 32.1. The molecule has 2 bridgehead atoms. The van der Waals surface area contributed by atoms with Crippen LogP contribution in [-0.2, 0) is 14.3 Å². The molecule has 2 amide bonds. The highest BCUT2D eigenvalue weighted by Crippen LogP contribution is 2.47. The monoisotopic (exact) mass is 526 g/mol. The lowest BCUT2D eigenvalue weighted by molar-refractivity contribution is -0.131. The molecule has 2 N–H and O–H groups in total. The number of hydrogen-bond acceptors (Lipinski definition) is 7. The number of halogens is 1. The van der Waals surface area contributed by atoms with Gasteiger partial charge in [-0.1, -0.05) is 12.1 Å². The van der Waals surface area contributed by atoms with Crippen LogP contribution in [0.4, 0.5) is 4.39 Å². The second kappa shape index (κ2) is 14.4. The van der Waals surface area contributed by atoms with Crippen LogP contribution in [0.25, 0.3) is 0 Å². The lowest BCUT2D eigenvalue weighted by Gasteiger charge is -2.44. The Labute approximate surface area is 219 Å². The number of methoxy groups -OCH3 is 1. The Bertz CT molecular complexity index is 816. The molecular formula is C25H39FN4O3S2. The maximum Gasteiger partial charge on any atom is 0.234 e. The fourth-order valence-corrected chi connectivity index (χ4v) is 6.07. The number of fused-ring (bicyclic) bond motifs is 2. The SMILES string of the molecule is COCNC(=O)[C@@H]1[C@H]2CCC(C[C@H]1c1ccc(F)cc1)N2CCCN(CCS)CC(=O)NCCS. The number of nitrogens with zero attached hydrogens (tertiary/aromatic N) is 2. The second-order valence-electron chi connectivity index (χ2n) is 9.36. The average molecular weight is 527 g/mol. The summed E-state index contributed by atoms with van der Waals surface area (Å²) in [6, 6.07) is 7.14. The van der Waals surface area contributed by atoms with Crippen molar-refractivity contribution in [3.63, 3.8) is 0 Å². The van der Waals surface area contributed by atoms with E-state index >= 15 is 0 Å². The summed E-state index contributed by atoms with van der Waals surface area (Å²) in [6.45, 7) is 3.52. The van der Waals surface area contributed by atoms with E-state index in [-0.39, 0.29) is 42.2 Å². The van der Waals surface area contributed by atoms with Crippen LogP contribution in [0.3, 0.4) is 0 Å². The molecule has 2 aliphatic rings. The van der Waals surface area contributed by atoms with E-state index in [4.69, 9.17) is 4.74 Å². The van der Waals surface area contributed by atoms with Crippen LogP contribution in [0, 0.1) is 11.7 Å². The van der Waals surface area contributed by atoms with Gasteiger partial charge in [-0.25, -0.2) is 4.39 Å². The van der Waals surface area contributed by atoms with Gasteiger partial charge in [0.05, 0.1) is 12.5 Å². The van der Waals surface area contributed by atoms with Gasteiger partial charge < -0.3 is 15.4 Å². The quantitative estimate of drug-likeness (QED) is 0.221. The molecule has 0 spiro atoms. The Balaban J connectivity index is 1.66. The number of hydrogen-bond donors (Lipinski definition) is 4. The summed E-state index contributed by atoms with van der Waals surface area (Å²) in [5.41, 5.74) is 1.02. The molecule has 2 aliphatic heterocycles. The number of thiol groups is 2. The maximum absolute atomic E-state index is 13.6. The van der Waals surface area contributed by atoms with Gasteiger partial charge in [0.1, 0.15) is 12.5 Å². The predicted octanol–water partition coefficient (Wildman–Crippen LogP) is 2.15. The maximum atomic E-state index is 13.6. The number of carbonyl (C=O) groups excluding carboxylic acids is 2. The molecule has 2 fully saturated rings. The van der Waals surface area contributed by atoms with E-state index in [1.165, 1.54) is 12.1 Å². The molecule has 3 rings (SSSR count). The number of nitrogens with one attached hydrogen (secondary N) is 2. The third-order valence-corrected chi connectivity index (χ3v) is 7.59. The van der Waals surface area contributed by atoms with E-state index in [0.29, 0.717) is 30.6 Å². The van der Waals surface area contributed by atoms with Crippen LogP contribution in [0.1, 0.15) is 37.2 Å². The average Bonchev–Trinajstić information content (AvgIpc) is 3.12. The van der Waals surface area contributed by atoms with Gasteiger partial charge in [-0.15, -0.1) is 0 Å². The Hall–Kier alpha value is -1.33. The first-order valence-electron chi connectivity index (χ1n) is 12.5. The largest absolute Gasteiger partial charge is 0.364 e. The Morgan fingerprint density at radius 1 is 1.14 bits per heavy atom. The van der Waals surface area contributed by atoms with Crippen LogP contribution in [0.15, 0.2) is 24.3 Å². The number of ether oxygens (including phenoxy) is 1. The zero-order chi connectivity index (χ0) is 25.2. The molecule has 1 unspecified atom stereocenters. The predicted molar refractivity (Wildman–Crippen MR) is 143 cm³/mol. The zero-order valence-electron chi connectivity index (χ0n) is 20.5. The van der Waals surface area contributed by atoms with Crippen LogP contribution in [-0.4, -0.2) is 91.8 Å². The molecule has 1 aromatic rings. The third-order valence-electron chi connectivity index (χ3n) is 7.16. The van der Waals surface area contributed by atoms with Gasteiger partial charge in [0.2, 0.25) is 11.8 Å². The molecule has 0 radical (unpaired) electrons. The van der Waals surface area contributed by atoms with E-state index in [0.717, 1.165) is 50.9 Å². The molecule has 0 aromatic heterocycles. The van der Waals surface area contributed by atoms with Gasteiger partial charge in [-0.3, -0.25) is 19.4 Å². The second-order valence-corrected chi connectivity index (χ2v) is 10.3. The number of carbonyl (C=O) groups is 2. The van der Waals surface area contributed by atoms with E-state index in [9.17, 15) is 14.0 Å². The van der Waals surface area contributed by atoms with Crippen LogP contribution in [0.2, 0.25) is 0 Å². The minimum Gasteiger partial charge on any atom is -0.364 e. The Morgan fingerprint density at radius 3 is 2.60 bits per heavy atom. The molecule has 10 heteroatoms. The van der Waals surface area contributed by atoms with E-state index in [1.807, 2.05) is 12.1 Å². The van der Waals surface area contributed by atoms with Crippen LogP contribution >= 0.6 is 25.3 Å². The summed E-state index contributed by atoms with van der Waals surface area (Å²) in [4.78, 5) is 30.1. The number of piperidine rings is 1. The lowest BCUT2D eigenvalue weighted by atomic mass is 9.75. The van der Waals surface area contributed by atoms with Crippen molar-refractivity contribution in [2.75, 3.05) is 58.1 Å². The molecular weight excluding hydrogens is 487 g/mol. The van der Waals surface area contributed by atoms with Gasteiger partial charge >= 0.3 is 0 Å². The Kier molecular flexibility index (Phi) is 11.6. The summed E-state index contributed by atoms with van der Waals surface area (Å²) in [7, 11) is 1.56. The minimum absolute atomic E-state index is 0.00548. The van der Waals surface area contributed by atoms with Gasteiger partial charge in [0.15, 0.2) is 0 Å². The fourth-order valence-electron chi connectivity index (χ4n) is 5.68. The van der Waals surface area contributed by atoms with Crippen molar-refractivity contribution in [1.82, 2.24) is 20.4 Å². The summed E-state index contributed by atoms with van der Waals surface area (Å²) < 4.78 is 18.7. The van der Waals surface area contributed by atoms with Crippen molar-refractivity contribution < 1.29 is 18.7 Å². The molecule has 4 atom stereocenters. The van der Waals surface area contributed by atoms with Crippen molar-refractivity contribution in [3.8, 4) is 0 Å². The molecule has 7 nitrogen and oxygen atoms in total. The van der Waals surface area contributed by atoms with E-state index < -0.39 is 0 Å². The first kappa shape index (κ1) is 28.2. The minimum atomic E-state index is -0.264. The van der Waals surface area contributed by atoms with Crippen molar-refractivity contribution in [3.05, 3.63) is 35.6 Å². The third kappa shape index (κ3) is 7.82. The molecule has 2 saturated heterocycles. The van der Waals surface area contributed by atoms with Crippen molar-refractivity contribution in [2.45, 2.75) is 43.7 Å². The van der Waals surface area contributed by atoms with Crippen LogP contribution < -0.4 is 10.6 Å². The molecule has 0 aliphatic carbocycles. The van der Waals surface area contributed by atoms with Gasteiger partial charge in [-0.05, 0) is 62.4 Å². The Morgan fingerprint density at radius 2 is 1.91 bits per heavy atom. The molecule has 1 aromatic carbocycles. The fraction of sp³-hybridized carbons (Fsp3) is 0.680. The molecule has 2 heterocycles. The number of benzene rings is 1. The normalized spacial score (nSPS) is 24.0. The summed E-state index contributed by atoms with van der Waals surface area (Å²) in [6.07, 6.45) is 3.82. The number of rotatable bonds is 14. The first-order chi connectivity index (χ1) is 17.0. The van der Waals surface area contributed by atoms with Crippen LogP contribution in [0.5, 0.6) is 0 Å². The van der Waals surface area contributed by atoms with Crippen molar-refractivity contribution >= 4 is 37.1 Å². The van der Waals surface area contributed by atoms with E-state index in [1.54, 1.807) is 7.11 Å². The lowest BCUT2D eigenvalue weighted by Crippen LogP contribution is -2.53. The standard InChI is InChI=1S/C25H39FN4O3S2/c1-33-17-28-25(32)24-21(18-3-5-19(26)6-4-18)15-20-7-8-22(24)30(20)11-2-10-29(12-14-35)16-23(31)27-9-13-34/h3-6,20-22,24,34-35H,2,7-17H2,1H3,(H,27,31)(H,28,32)/t20?,21-,22+,24-/m0/s1. The summed E-state index contributed by atoms with van der Waals surface area (Å²) in [5.74, 6) is 0.890. The molecule has 0 saturated carbocycles. The van der Waals surface area contributed by atoms with Crippen molar-refractivity contribution in [1.29, 1.82) is 0 Å². The molecule has 196 valence electrons. The summed E-state index contributed by atoms with van der Waals surface area (Å²) in [5, 5.41) is 5.79. The number of amides is 2. The van der Waals surface area contributed by atoms with Gasteiger partial charge in [0, 0.05) is 43.8 Å². The zero-order valence-corrected chi connectivity index (χ0v) is 22.3.